The standard InChI is InChI=1S/C22H24ClN7/c1-12-7-18(28-30-11-15(4)26-22(12)30)17-6-5-16-20(23)19(8-24-21(16)27-17)29-9-13(2)25-14(3)10-29/h5-8,11,13-14,25H,9-10H2,1-4H3. The zero-order valence-electron chi connectivity index (χ0n) is 17.5. The monoisotopic (exact) mass is 421 g/mol. The summed E-state index contributed by atoms with van der Waals surface area (Å²) in [6.07, 6.45) is 3.76. The first-order valence-corrected chi connectivity index (χ1v) is 10.6. The summed E-state index contributed by atoms with van der Waals surface area (Å²) >= 11 is 6.80. The number of pyridine rings is 2. The molecule has 4 aromatic heterocycles. The number of halogens is 1. The van der Waals surface area contributed by atoms with Crippen LogP contribution in [0.1, 0.15) is 25.1 Å². The van der Waals surface area contributed by atoms with Crippen molar-refractivity contribution in [2.45, 2.75) is 39.8 Å². The van der Waals surface area contributed by atoms with Gasteiger partial charge in [-0.1, -0.05) is 11.6 Å². The van der Waals surface area contributed by atoms with Crippen LogP contribution in [0, 0.1) is 13.8 Å². The predicted molar refractivity (Wildman–Crippen MR) is 120 cm³/mol. The fraction of sp³-hybridized carbons (Fsp3) is 0.364. The van der Waals surface area contributed by atoms with Crippen molar-refractivity contribution in [3.63, 3.8) is 0 Å². The van der Waals surface area contributed by atoms with Crippen molar-refractivity contribution < 1.29 is 0 Å². The highest BCUT2D eigenvalue weighted by Gasteiger charge is 2.24. The van der Waals surface area contributed by atoms with Gasteiger partial charge in [0, 0.05) is 30.6 Å². The van der Waals surface area contributed by atoms with Gasteiger partial charge in [0.2, 0.25) is 0 Å². The summed E-state index contributed by atoms with van der Waals surface area (Å²) < 4.78 is 1.81. The fourth-order valence-electron chi connectivity index (χ4n) is 4.29. The topological polar surface area (TPSA) is 71.2 Å². The van der Waals surface area contributed by atoms with Crippen molar-refractivity contribution in [3.05, 3.63) is 46.9 Å². The smallest absolute Gasteiger partial charge is 0.161 e. The predicted octanol–water partition coefficient (Wildman–Crippen LogP) is 3.80. The van der Waals surface area contributed by atoms with Gasteiger partial charge in [-0.05, 0) is 51.5 Å². The van der Waals surface area contributed by atoms with Crippen molar-refractivity contribution in [1.29, 1.82) is 0 Å². The molecule has 0 saturated carbocycles. The Morgan fingerprint density at radius 2 is 1.83 bits per heavy atom. The van der Waals surface area contributed by atoms with Crippen LogP contribution in [0.3, 0.4) is 0 Å². The molecule has 4 aromatic rings. The van der Waals surface area contributed by atoms with E-state index in [1.54, 1.807) is 0 Å². The number of imidazole rings is 1. The summed E-state index contributed by atoms with van der Waals surface area (Å²) in [5, 5.41) is 9.78. The summed E-state index contributed by atoms with van der Waals surface area (Å²) in [7, 11) is 0. The molecular weight excluding hydrogens is 398 g/mol. The van der Waals surface area contributed by atoms with Gasteiger partial charge in [-0.15, -0.1) is 0 Å². The summed E-state index contributed by atoms with van der Waals surface area (Å²) in [6.45, 7) is 10.2. The quantitative estimate of drug-likeness (QED) is 0.531. The van der Waals surface area contributed by atoms with Crippen LogP contribution in [-0.2, 0) is 0 Å². The van der Waals surface area contributed by atoms with Crippen molar-refractivity contribution >= 4 is 34.0 Å². The maximum atomic E-state index is 6.80. The molecule has 154 valence electrons. The van der Waals surface area contributed by atoms with Crippen LogP contribution in [0.5, 0.6) is 0 Å². The molecule has 0 aliphatic carbocycles. The lowest BCUT2D eigenvalue weighted by Crippen LogP contribution is -2.54. The number of aromatic nitrogens is 5. The number of anilines is 1. The molecular formula is C22H24ClN7. The van der Waals surface area contributed by atoms with Gasteiger partial charge in [-0.3, -0.25) is 0 Å². The van der Waals surface area contributed by atoms with E-state index in [4.69, 9.17) is 16.6 Å². The van der Waals surface area contributed by atoms with E-state index in [0.29, 0.717) is 22.8 Å². The molecule has 5 rings (SSSR count). The number of rotatable bonds is 2. The number of nitrogens with zero attached hydrogens (tertiary/aromatic N) is 6. The minimum absolute atomic E-state index is 0.400. The zero-order valence-corrected chi connectivity index (χ0v) is 18.3. The molecule has 2 atom stereocenters. The second kappa shape index (κ2) is 7.18. The molecule has 5 heterocycles. The molecule has 1 aliphatic heterocycles. The van der Waals surface area contributed by atoms with Gasteiger partial charge >= 0.3 is 0 Å². The Morgan fingerprint density at radius 3 is 2.60 bits per heavy atom. The van der Waals surface area contributed by atoms with Crippen molar-refractivity contribution in [3.8, 4) is 11.4 Å². The van der Waals surface area contributed by atoms with E-state index >= 15 is 0 Å². The van der Waals surface area contributed by atoms with E-state index in [1.807, 2.05) is 49.0 Å². The normalized spacial score (nSPS) is 19.7. The number of hydrogen-bond acceptors (Lipinski definition) is 6. The van der Waals surface area contributed by atoms with Gasteiger partial charge < -0.3 is 10.2 Å². The van der Waals surface area contributed by atoms with Crippen molar-refractivity contribution in [1.82, 2.24) is 29.9 Å². The minimum atomic E-state index is 0.400. The lowest BCUT2D eigenvalue weighted by atomic mass is 10.1. The van der Waals surface area contributed by atoms with Crippen LogP contribution < -0.4 is 10.2 Å². The van der Waals surface area contributed by atoms with Crippen LogP contribution in [0.4, 0.5) is 5.69 Å². The number of hydrogen-bond donors (Lipinski definition) is 1. The summed E-state index contributed by atoms with van der Waals surface area (Å²) in [5.74, 6) is 0. The Bertz CT molecular complexity index is 1260. The van der Waals surface area contributed by atoms with Crippen LogP contribution >= 0.6 is 11.6 Å². The Morgan fingerprint density at radius 1 is 1.07 bits per heavy atom. The number of nitrogens with one attached hydrogen (secondary N) is 1. The minimum Gasteiger partial charge on any atom is -0.366 e. The largest absolute Gasteiger partial charge is 0.366 e. The van der Waals surface area contributed by atoms with Crippen LogP contribution in [0.25, 0.3) is 28.1 Å². The lowest BCUT2D eigenvalue weighted by Gasteiger charge is -2.37. The molecule has 30 heavy (non-hydrogen) atoms. The second-order valence-corrected chi connectivity index (χ2v) is 8.64. The highest BCUT2D eigenvalue weighted by molar-refractivity contribution is 6.37. The highest BCUT2D eigenvalue weighted by atomic mass is 35.5. The molecule has 0 spiro atoms. The molecule has 0 aromatic carbocycles. The molecule has 2 unspecified atom stereocenters. The average Bonchev–Trinajstić information content (AvgIpc) is 3.08. The van der Waals surface area contributed by atoms with Gasteiger partial charge in [-0.25, -0.2) is 19.5 Å². The summed E-state index contributed by atoms with van der Waals surface area (Å²) in [6, 6.07) is 6.76. The van der Waals surface area contributed by atoms with E-state index in [1.165, 1.54) is 0 Å². The van der Waals surface area contributed by atoms with E-state index in [9.17, 15) is 0 Å². The molecule has 1 fully saturated rings. The van der Waals surface area contributed by atoms with E-state index in [-0.39, 0.29) is 0 Å². The third-order valence-corrected chi connectivity index (χ3v) is 5.93. The van der Waals surface area contributed by atoms with E-state index in [0.717, 1.165) is 52.5 Å². The van der Waals surface area contributed by atoms with Gasteiger partial charge in [0.15, 0.2) is 11.3 Å². The molecule has 8 heteroatoms. The van der Waals surface area contributed by atoms with Crippen LogP contribution in [0.15, 0.2) is 30.6 Å². The van der Waals surface area contributed by atoms with E-state index in [2.05, 4.69) is 39.1 Å². The first-order valence-electron chi connectivity index (χ1n) is 10.2. The van der Waals surface area contributed by atoms with E-state index < -0.39 is 0 Å². The molecule has 1 aliphatic rings. The summed E-state index contributed by atoms with van der Waals surface area (Å²) in [4.78, 5) is 16.2. The third-order valence-electron chi connectivity index (χ3n) is 5.54. The Labute approximate surface area is 180 Å². The third kappa shape index (κ3) is 3.28. The van der Waals surface area contributed by atoms with Crippen molar-refractivity contribution in [2.24, 2.45) is 0 Å². The lowest BCUT2D eigenvalue weighted by molar-refractivity contribution is 0.407. The highest BCUT2D eigenvalue weighted by Crippen LogP contribution is 2.33. The molecule has 0 radical (unpaired) electrons. The van der Waals surface area contributed by atoms with Crippen LogP contribution in [-0.4, -0.2) is 49.7 Å². The number of aryl methyl sites for hydroxylation is 2. The maximum Gasteiger partial charge on any atom is 0.161 e. The molecule has 0 amide bonds. The van der Waals surface area contributed by atoms with Crippen molar-refractivity contribution in [2.75, 3.05) is 18.0 Å². The van der Waals surface area contributed by atoms with Gasteiger partial charge in [0.1, 0.15) is 5.69 Å². The number of piperazine rings is 1. The first-order chi connectivity index (χ1) is 14.4. The van der Waals surface area contributed by atoms with Gasteiger partial charge in [0.25, 0.3) is 0 Å². The SMILES string of the molecule is Cc1cn2nc(-c3ccc4c(Cl)c(N5CC(C)NC(C)C5)cnc4n3)cc(C)c2n1. The average molecular weight is 422 g/mol. The number of fused-ring (bicyclic) bond motifs is 2. The second-order valence-electron chi connectivity index (χ2n) is 8.26. The van der Waals surface area contributed by atoms with Gasteiger partial charge in [-0.2, -0.15) is 5.10 Å². The fourth-order valence-corrected chi connectivity index (χ4v) is 4.61. The Kier molecular flexibility index (Phi) is 4.60. The zero-order chi connectivity index (χ0) is 21.0. The molecule has 1 saturated heterocycles. The maximum absolute atomic E-state index is 6.80. The van der Waals surface area contributed by atoms with Crippen LogP contribution in [0.2, 0.25) is 5.02 Å². The molecule has 0 bridgehead atoms. The Hall–Kier alpha value is -2.77. The Balaban J connectivity index is 1.56. The molecule has 1 N–H and O–H groups in total. The first kappa shape index (κ1) is 19.2. The molecule has 7 nitrogen and oxygen atoms in total. The summed E-state index contributed by atoms with van der Waals surface area (Å²) in [5.41, 5.74) is 5.99. The van der Waals surface area contributed by atoms with Gasteiger partial charge in [0.05, 0.1) is 34.5 Å².